The van der Waals surface area contributed by atoms with Crippen molar-refractivity contribution in [3.8, 4) is 0 Å². The first-order chi connectivity index (χ1) is 8.59. The number of alkyl halides is 1. The second-order valence-corrected chi connectivity index (χ2v) is 4.76. The number of benzene rings is 1. The van der Waals surface area contributed by atoms with Crippen LogP contribution >= 0.6 is 11.6 Å². The number of hydrogen-bond acceptors (Lipinski definition) is 2. The zero-order valence-electron chi connectivity index (χ0n) is 10.2. The molecule has 1 atom stereocenters. The van der Waals surface area contributed by atoms with Crippen LogP contribution in [0.4, 0.5) is 4.39 Å². The van der Waals surface area contributed by atoms with E-state index in [1.54, 1.807) is 17.0 Å². The maximum atomic E-state index is 13.7. The summed E-state index contributed by atoms with van der Waals surface area (Å²) in [7, 11) is 0. The monoisotopic (exact) mass is 271 g/mol. The second-order valence-electron chi connectivity index (χ2n) is 4.33. The van der Waals surface area contributed by atoms with Gasteiger partial charge in [-0.2, -0.15) is 0 Å². The highest BCUT2D eigenvalue weighted by molar-refractivity contribution is 6.30. The van der Waals surface area contributed by atoms with Gasteiger partial charge in [0.1, 0.15) is 11.2 Å². The van der Waals surface area contributed by atoms with Crippen molar-refractivity contribution in [1.29, 1.82) is 0 Å². The summed E-state index contributed by atoms with van der Waals surface area (Å²) >= 11 is 6.10. The topological polar surface area (TPSA) is 29.5 Å². The van der Waals surface area contributed by atoms with E-state index in [9.17, 15) is 9.18 Å². The van der Waals surface area contributed by atoms with Crippen molar-refractivity contribution in [3.63, 3.8) is 0 Å². The Morgan fingerprint density at radius 1 is 1.44 bits per heavy atom. The van der Waals surface area contributed by atoms with Gasteiger partial charge in [-0.25, -0.2) is 4.39 Å². The van der Waals surface area contributed by atoms with E-state index in [-0.39, 0.29) is 11.5 Å². The lowest BCUT2D eigenvalue weighted by Gasteiger charge is -2.28. The van der Waals surface area contributed by atoms with E-state index in [0.717, 1.165) is 5.56 Å². The zero-order valence-corrected chi connectivity index (χ0v) is 10.9. The number of halogens is 2. The van der Waals surface area contributed by atoms with Crippen LogP contribution in [-0.2, 0) is 9.53 Å². The molecule has 0 aromatic heterocycles. The van der Waals surface area contributed by atoms with Gasteiger partial charge in [-0.15, -0.1) is 11.6 Å². The van der Waals surface area contributed by atoms with E-state index in [0.29, 0.717) is 26.3 Å². The number of carbonyl (C=O) groups excluding carboxylic acids is 1. The molecule has 1 heterocycles. The first-order valence-corrected chi connectivity index (χ1v) is 6.30. The van der Waals surface area contributed by atoms with Gasteiger partial charge in [-0.3, -0.25) is 4.79 Å². The van der Waals surface area contributed by atoms with Crippen molar-refractivity contribution in [2.45, 2.75) is 12.3 Å². The fraction of sp³-hybridized carbons (Fsp3) is 0.462. The zero-order chi connectivity index (χ0) is 13.1. The largest absolute Gasteiger partial charge is 0.378 e. The number of aryl methyl sites for hydroxylation is 1. The number of carbonyl (C=O) groups is 1. The molecule has 0 saturated carbocycles. The molecule has 1 fully saturated rings. The van der Waals surface area contributed by atoms with E-state index in [1.165, 1.54) is 6.07 Å². The number of ether oxygens (including phenoxy) is 1. The maximum absolute atomic E-state index is 13.7. The molecular weight excluding hydrogens is 257 g/mol. The van der Waals surface area contributed by atoms with Gasteiger partial charge in [-0.1, -0.05) is 17.7 Å². The van der Waals surface area contributed by atoms with E-state index in [4.69, 9.17) is 16.3 Å². The Labute approximate surface area is 110 Å². The van der Waals surface area contributed by atoms with Gasteiger partial charge in [0, 0.05) is 18.7 Å². The van der Waals surface area contributed by atoms with Crippen LogP contribution in [0.5, 0.6) is 0 Å². The lowest BCUT2D eigenvalue weighted by atomic mass is 10.1. The Morgan fingerprint density at radius 2 is 2.11 bits per heavy atom. The Balaban J connectivity index is 2.16. The number of nitrogens with zero attached hydrogens (tertiary/aromatic N) is 1. The van der Waals surface area contributed by atoms with Crippen LogP contribution in [0, 0.1) is 12.7 Å². The molecule has 2 rings (SSSR count). The molecule has 1 aliphatic rings. The van der Waals surface area contributed by atoms with Gasteiger partial charge < -0.3 is 9.64 Å². The molecule has 1 aromatic rings. The van der Waals surface area contributed by atoms with E-state index in [1.807, 2.05) is 6.92 Å². The molecular formula is C13H15ClFNO2. The summed E-state index contributed by atoms with van der Waals surface area (Å²) in [5.74, 6) is -0.702. The predicted octanol–water partition coefficient (Wildman–Crippen LogP) is 2.27. The highest BCUT2D eigenvalue weighted by Crippen LogP contribution is 2.26. The maximum Gasteiger partial charge on any atom is 0.245 e. The first kappa shape index (κ1) is 13.3. The van der Waals surface area contributed by atoms with Gasteiger partial charge >= 0.3 is 0 Å². The molecule has 1 saturated heterocycles. The van der Waals surface area contributed by atoms with Crippen LogP contribution < -0.4 is 0 Å². The van der Waals surface area contributed by atoms with Crippen LogP contribution in [0.1, 0.15) is 16.5 Å². The molecule has 3 nitrogen and oxygen atoms in total. The summed E-state index contributed by atoms with van der Waals surface area (Å²) in [4.78, 5) is 13.7. The van der Waals surface area contributed by atoms with Crippen LogP contribution in [-0.4, -0.2) is 37.1 Å². The molecule has 0 aliphatic carbocycles. The quantitative estimate of drug-likeness (QED) is 0.773. The van der Waals surface area contributed by atoms with E-state index < -0.39 is 11.2 Å². The number of amides is 1. The third-order valence-corrected chi connectivity index (χ3v) is 3.39. The van der Waals surface area contributed by atoms with Gasteiger partial charge in [0.2, 0.25) is 5.91 Å². The molecule has 0 bridgehead atoms. The van der Waals surface area contributed by atoms with Crippen molar-refractivity contribution >= 4 is 17.5 Å². The highest BCUT2D eigenvalue weighted by atomic mass is 35.5. The molecule has 1 unspecified atom stereocenters. The number of morpholine rings is 1. The standard InChI is InChI=1S/C13H15ClFNO2/c1-9-2-3-11(15)10(8-9)12(14)13(17)16-4-6-18-7-5-16/h2-3,8,12H,4-7H2,1H3. The molecule has 98 valence electrons. The van der Waals surface area contributed by atoms with Crippen molar-refractivity contribution in [3.05, 3.63) is 35.1 Å². The van der Waals surface area contributed by atoms with Crippen LogP contribution in [0.25, 0.3) is 0 Å². The van der Waals surface area contributed by atoms with Crippen LogP contribution in [0.3, 0.4) is 0 Å². The first-order valence-electron chi connectivity index (χ1n) is 5.86. The highest BCUT2D eigenvalue weighted by Gasteiger charge is 2.27. The molecule has 18 heavy (non-hydrogen) atoms. The molecule has 0 N–H and O–H groups in total. The van der Waals surface area contributed by atoms with Gasteiger partial charge in [0.15, 0.2) is 0 Å². The predicted molar refractivity (Wildman–Crippen MR) is 67.1 cm³/mol. The summed E-state index contributed by atoms with van der Waals surface area (Å²) in [6.07, 6.45) is 0. The van der Waals surface area contributed by atoms with Crippen molar-refractivity contribution < 1.29 is 13.9 Å². The van der Waals surface area contributed by atoms with Crippen molar-refractivity contribution in [2.24, 2.45) is 0 Å². The van der Waals surface area contributed by atoms with Gasteiger partial charge in [0.25, 0.3) is 0 Å². The lowest BCUT2D eigenvalue weighted by molar-refractivity contribution is -0.135. The average molecular weight is 272 g/mol. The minimum absolute atomic E-state index is 0.244. The smallest absolute Gasteiger partial charge is 0.245 e. The molecule has 1 aliphatic heterocycles. The minimum atomic E-state index is -0.969. The normalized spacial score (nSPS) is 17.6. The molecule has 0 spiro atoms. The summed E-state index contributed by atoms with van der Waals surface area (Å²) in [5.41, 5.74) is 1.12. The van der Waals surface area contributed by atoms with Crippen LogP contribution in [0.2, 0.25) is 0 Å². The van der Waals surface area contributed by atoms with Gasteiger partial charge in [0.05, 0.1) is 13.2 Å². The molecule has 1 amide bonds. The summed E-state index contributed by atoms with van der Waals surface area (Å²) in [5, 5.41) is -0.969. The fourth-order valence-electron chi connectivity index (χ4n) is 1.93. The summed E-state index contributed by atoms with van der Waals surface area (Å²) in [6.45, 7) is 3.87. The number of hydrogen-bond donors (Lipinski definition) is 0. The Hall–Kier alpha value is -1.13. The summed E-state index contributed by atoms with van der Waals surface area (Å²) < 4.78 is 18.8. The third kappa shape index (κ3) is 2.82. The Bertz CT molecular complexity index is 447. The Kier molecular flexibility index (Phi) is 4.19. The minimum Gasteiger partial charge on any atom is -0.378 e. The van der Waals surface area contributed by atoms with E-state index >= 15 is 0 Å². The van der Waals surface area contributed by atoms with Crippen molar-refractivity contribution in [2.75, 3.05) is 26.3 Å². The molecule has 1 aromatic carbocycles. The summed E-state index contributed by atoms with van der Waals surface area (Å²) in [6, 6.07) is 4.61. The number of rotatable bonds is 2. The molecule has 0 radical (unpaired) electrons. The fourth-order valence-corrected chi connectivity index (χ4v) is 2.24. The average Bonchev–Trinajstić information content (AvgIpc) is 2.41. The van der Waals surface area contributed by atoms with E-state index in [2.05, 4.69) is 0 Å². The molecule has 5 heteroatoms. The SMILES string of the molecule is Cc1ccc(F)c(C(Cl)C(=O)N2CCOCC2)c1. The third-order valence-electron chi connectivity index (χ3n) is 2.96. The lowest BCUT2D eigenvalue weighted by Crippen LogP contribution is -2.42. The van der Waals surface area contributed by atoms with Crippen LogP contribution in [0.15, 0.2) is 18.2 Å². The Morgan fingerprint density at radius 3 is 2.78 bits per heavy atom. The van der Waals surface area contributed by atoms with Crippen molar-refractivity contribution in [1.82, 2.24) is 4.90 Å². The van der Waals surface area contributed by atoms with Gasteiger partial charge in [-0.05, 0) is 13.0 Å². The second kappa shape index (κ2) is 5.67.